The molecule has 0 fully saturated rings. The fourth-order valence-corrected chi connectivity index (χ4v) is 1.63. The third-order valence-corrected chi connectivity index (χ3v) is 2.47. The molecule has 0 radical (unpaired) electrons. The molecular formula is C12H11N3O. The molecule has 0 amide bonds. The van der Waals surface area contributed by atoms with Crippen molar-refractivity contribution in [1.82, 2.24) is 9.13 Å². The number of imidazole rings is 1. The Morgan fingerprint density at radius 1 is 1.31 bits per heavy atom. The molecule has 1 heterocycles. The Morgan fingerprint density at radius 3 is 2.69 bits per heavy atom. The summed E-state index contributed by atoms with van der Waals surface area (Å²) in [4.78, 5) is 11.8. The Morgan fingerprint density at radius 2 is 2.06 bits per heavy atom. The lowest BCUT2D eigenvalue weighted by Crippen LogP contribution is -2.21. The molecule has 80 valence electrons. The fraction of sp³-hybridized carbons (Fsp3) is 0.167. The van der Waals surface area contributed by atoms with Crippen molar-refractivity contribution in [3.05, 3.63) is 52.7 Å². The van der Waals surface area contributed by atoms with E-state index >= 15 is 0 Å². The van der Waals surface area contributed by atoms with E-state index in [1.807, 2.05) is 24.3 Å². The van der Waals surface area contributed by atoms with E-state index in [-0.39, 0.29) is 5.69 Å². The topological polar surface area (TPSA) is 50.7 Å². The predicted octanol–water partition coefficient (Wildman–Crippen LogP) is 1.24. The van der Waals surface area contributed by atoms with E-state index in [4.69, 9.17) is 5.26 Å². The first-order chi connectivity index (χ1) is 7.74. The number of rotatable bonds is 2. The van der Waals surface area contributed by atoms with Gasteiger partial charge in [0, 0.05) is 19.4 Å². The average Bonchev–Trinajstić information content (AvgIpc) is 2.61. The van der Waals surface area contributed by atoms with Crippen LogP contribution in [0.15, 0.2) is 41.5 Å². The van der Waals surface area contributed by atoms with Crippen LogP contribution in [0.1, 0.15) is 5.56 Å². The number of aryl methyl sites for hydroxylation is 1. The van der Waals surface area contributed by atoms with Crippen LogP contribution < -0.4 is 5.69 Å². The first-order valence-electron chi connectivity index (χ1n) is 4.93. The molecule has 2 aromatic rings. The lowest BCUT2D eigenvalue weighted by atomic mass is 10.1. The highest BCUT2D eigenvalue weighted by molar-refractivity contribution is 5.42. The summed E-state index contributed by atoms with van der Waals surface area (Å²) in [6.07, 6.45) is 3.71. The van der Waals surface area contributed by atoms with Crippen molar-refractivity contribution in [3.8, 4) is 11.8 Å². The van der Waals surface area contributed by atoms with Gasteiger partial charge in [0.15, 0.2) is 0 Å². The fourth-order valence-electron chi connectivity index (χ4n) is 1.63. The summed E-state index contributed by atoms with van der Waals surface area (Å²) in [5, 5.41) is 8.72. The maximum absolute atomic E-state index is 11.8. The summed E-state index contributed by atoms with van der Waals surface area (Å²) < 4.78 is 3.05. The van der Waals surface area contributed by atoms with E-state index in [0.29, 0.717) is 6.42 Å². The minimum Gasteiger partial charge on any atom is -0.302 e. The highest BCUT2D eigenvalue weighted by Gasteiger charge is 2.06. The van der Waals surface area contributed by atoms with Gasteiger partial charge in [-0.05, 0) is 11.6 Å². The van der Waals surface area contributed by atoms with Crippen molar-refractivity contribution in [2.75, 3.05) is 0 Å². The number of para-hydroxylation sites is 1. The predicted molar refractivity (Wildman–Crippen MR) is 60.3 cm³/mol. The Balaban J connectivity index is 2.61. The highest BCUT2D eigenvalue weighted by Crippen LogP contribution is 2.12. The average molecular weight is 213 g/mol. The summed E-state index contributed by atoms with van der Waals surface area (Å²) >= 11 is 0. The molecule has 2 rings (SSSR count). The summed E-state index contributed by atoms with van der Waals surface area (Å²) in [6, 6.07) is 9.52. The van der Waals surface area contributed by atoms with Gasteiger partial charge in [0.25, 0.3) is 0 Å². The summed E-state index contributed by atoms with van der Waals surface area (Å²) in [7, 11) is 1.70. The van der Waals surface area contributed by atoms with Crippen LogP contribution in [0, 0.1) is 11.3 Å². The molecule has 16 heavy (non-hydrogen) atoms. The number of aromatic nitrogens is 2. The van der Waals surface area contributed by atoms with Crippen molar-refractivity contribution in [2.45, 2.75) is 6.42 Å². The molecule has 0 aliphatic heterocycles. The number of nitrogens with zero attached hydrogens (tertiary/aromatic N) is 3. The Labute approximate surface area is 93.0 Å². The molecule has 0 aliphatic rings. The standard InChI is InChI=1S/C12H11N3O/c1-14-8-9-15(12(14)16)11-5-3-2-4-10(11)6-7-13/h2-5,8-9H,6H2,1H3. The first kappa shape index (κ1) is 10.2. The molecule has 0 bridgehead atoms. The summed E-state index contributed by atoms with van der Waals surface area (Å²) in [5.41, 5.74) is 1.53. The second-order valence-electron chi connectivity index (χ2n) is 3.53. The van der Waals surface area contributed by atoms with E-state index in [0.717, 1.165) is 11.3 Å². The van der Waals surface area contributed by atoms with Crippen LogP contribution in [-0.4, -0.2) is 9.13 Å². The molecule has 0 unspecified atom stereocenters. The Hall–Kier alpha value is -2.28. The van der Waals surface area contributed by atoms with Gasteiger partial charge in [-0.1, -0.05) is 18.2 Å². The first-order valence-corrected chi connectivity index (χ1v) is 4.93. The molecule has 0 N–H and O–H groups in total. The van der Waals surface area contributed by atoms with Gasteiger partial charge >= 0.3 is 5.69 Å². The number of hydrogen-bond donors (Lipinski definition) is 0. The lowest BCUT2D eigenvalue weighted by molar-refractivity contribution is 0.821. The van der Waals surface area contributed by atoms with Crippen LogP contribution in [-0.2, 0) is 13.5 Å². The van der Waals surface area contributed by atoms with Crippen LogP contribution in [0.3, 0.4) is 0 Å². The van der Waals surface area contributed by atoms with Gasteiger partial charge in [-0.2, -0.15) is 5.26 Å². The molecule has 4 heteroatoms. The number of nitriles is 1. The molecule has 1 aromatic carbocycles. The molecule has 1 aromatic heterocycles. The van der Waals surface area contributed by atoms with Gasteiger partial charge < -0.3 is 4.57 Å². The zero-order valence-corrected chi connectivity index (χ0v) is 8.92. The summed E-state index contributed by atoms with van der Waals surface area (Å²) in [5.74, 6) is 0. The quantitative estimate of drug-likeness (QED) is 0.753. The number of benzene rings is 1. The smallest absolute Gasteiger partial charge is 0.302 e. The van der Waals surface area contributed by atoms with Crippen molar-refractivity contribution >= 4 is 0 Å². The molecule has 0 saturated heterocycles. The van der Waals surface area contributed by atoms with Crippen molar-refractivity contribution in [1.29, 1.82) is 5.26 Å². The molecule has 0 aliphatic carbocycles. The molecule has 0 saturated carbocycles. The largest absolute Gasteiger partial charge is 0.332 e. The monoisotopic (exact) mass is 213 g/mol. The van der Waals surface area contributed by atoms with Crippen LogP contribution in [0.5, 0.6) is 0 Å². The molecule has 0 atom stereocenters. The minimum atomic E-state index is -0.106. The van der Waals surface area contributed by atoms with Crippen molar-refractivity contribution in [3.63, 3.8) is 0 Å². The molecular weight excluding hydrogens is 202 g/mol. The maximum atomic E-state index is 11.8. The van der Waals surface area contributed by atoms with E-state index in [1.165, 1.54) is 4.57 Å². The van der Waals surface area contributed by atoms with E-state index < -0.39 is 0 Å². The van der Waals surface area contributed by atoms with Crippen LogP contribution in [0.25, 0.3) is 5.69 Å². The maximum Gasteiger partial charge on any atom is 0.332 e. The normalized spacial score (nSPS) is 10.0. The zero-order chi connectivity index (χ0) is 11.5. The third kappa shape index (κ3) is 1.63. The van der Waals surface area contributed by atoms with Gasteiger partial charge in [0.2, 0.25) is 0 Å². The van der Waals surface area contributed by atoms with Crippen LogP contribution >= 0.6 is 0 Å². The third-order valence-electron chi connectivity index (χ3n) is 2.47. The van der Waals surface area contributed by atoms with E-state index in [2.05, 4.69) is 6.07 Å². The van der Waals surface area contributed by atoms with Gasteiger partial charge in [-0.3, -0.25) is 4.57 Å². The lowest BCUT2D eigenvalue weighted by Gasteiger charge is -2.05. The van der Waals surface area contributed by atoms with Crippen LogP contribution in [0.2, 0.25) is 0 Å². The van der Waals surface area contributed by atoms with E-state index in [1.54, 1.807) is 24.0 Å². The molecule has 0 spiro atoms. The van der Waals surface area contributed by atoms with Crippen molar-refractivity contribution in [2.24, 2.45) is 7.05 Å². The van der Waals surface area contributed by atoms with Gasteiger partial charge in [-0.25, -0.2) is 4.79 Å². The highest BCUT2D eigenvalue weighted by atomic mass is 16.1. The SMILES string of the molecule is Cn1ccn(-c2ccccc2CC#N)c1=O. The van der Waals surface area contributed by atoms with E-state index in [9.17, 15) is 4.79 Å². The zero-order valence-electron chi connectivity index (χ0n) is 8.92. The van der Waals surface area contributed by atoms with Gasteiger partial charge in [0.1, 0.15) is 0 Å². The van der Waals surface area contributed by atoms with Crippen LogP contribution in [0.4, 0.5) is 0 Å². The Bertz CT molecular complexity index is 601. The van der Waals surface area contributed by atoms with Crippen molar-refractivity contribution < 1.29 is 0 Å². The summed E-state index contributed by atoms with van der Waals surface area (Å²) in [6.45, 7) is 0. The molecule has 4 nitrogen and oxygen atoms in total. The second kappa shape index (κ2) is 4.07. The second-order valence-corrected chi connectivity index (χ2v) is 3.53. The van der Waals surface area contributed by atoms with Gasteiger partial charge in [0.05, 0.1) is 18.2 Å². The minimum absolute atomic E-state index is 0.106. The Kier molecular flexibility index (Phi) is 2.61. The number of hydrogen-bond acceptors (Lipinski definition) is 2. The van der Waals surface area contributed by atoms with Gasteiger partial charge in [-0.15, -0.1) is 0 Å².